The van der Waals surface area contributed by atoms with Gasteiger partial charge >= 0.3 is 5.69 Å². The van der Waals surface area contributed by atoms with E-state index < -0.39 is 10.8 Å². The molecule has 0 aliphatic rings. The first kappa shape index (κ1) is 18.3. The largest absolute Gasteiger partial charge is 0.343 e. The molecule has 7 nitrogen and oxygen atoms in total. The van der Waals surface area contributed by atoms with Crippen LogP contribution in [0.4, 0.5) is 0 Å². The summed E-state index contributed by atoms with van der Waals surface area (Å²) in [5.41, 5.74) is -1.19. The molecule has 22 heavy (non-hydrogen) atoms. The van der Waals surface area contributed by atoms with Gasteiger partial charge in [0.05, 0.1) is 11.3 Å². The minimum absolute atomic E-state index is 0.0118. The molecule has 1 heterocycles. The number of hydrogen-bond donors (Lipinski definition) is 2. The van der Waals surface area contributed by atoms with Crippen LogP contribution in [0.5, 0.6) is 0 Å². The highest BCUT2D eigenvalue weighted by atomic mass is 32.2. The molecule has 1 rings (SSSR count). The van der Waals surface area contributed by atoms with Gasteiger partial charge in [0.25, 0.3) is 0 Å². The van der Waals surface area contributed by atoms with Crippen molar-refractivity contribution < 1.29 is 4.79 Å². The summed E-state index contributed by atoms with van der Waals surface area (Å²) in [6.07, 6.45) is 0.799. The van der Waals surface area contributed by atoms with Gasteiger partial charge in [0, 0.05) is 6.54 Å². The van der Waals surface area contributed by atoms with Crippen LogP contribution in [-0.2, 0) is 11.3 Å². The standard InChI is InChI=1S/C14H23N5O2S/c1-6-7-19-12(21)17-18-13(19)22-10(4)11(20)16-14(5,8-15)9(2)3/h9-10H,6-7H2,1-5H3,(H,16,20)(H,17,21). The highest BCUT2D eigenvalue weighted by Crippen LogP contribution is 2.22. The quantitative estimate of drug-likeness (QED) is 0.740. The van der Waals surface area contributed by atoms with Gasteiger partial charge in [0.2, 0.25) is 5.91 Å². The topological polar surface area (TPSA) is 104 Å². The third-order valence-corrected chi connectivity index (χ3v) is 4.68. The van der Waals surface area contributed by atoms with E-state index >= 15 is 0 Å². The lowest BCUT2D eigenvalue weighted by atomic mass is 9.90. The number of rotatable bonds is 7. The van der Waals surface area contributed by atoms with Gasteiger partial charge in [0.1, 0.15) is 5.54 Å². The van der Waals surface area contributed by atoms with Crippen LogP contribution >= 0.6 is 11.8 Å². The number of amides is 1. The third kappa shape index (κ3) is 4.13. The molecule has 0 saturated carbocycles. The molecule has 0 aromatic carbocycles. The Balaban J connectivity index is 2.81. The molecular formula is C14H23N5O2S. The molecular weight excluding hydrogens is 302 g/mol. The fourth-order valence-corrected chi connectivity index (χ4v) is 2.57. The van der Waals surface area contributed by atoms with Crippen molar-refractivity contribution in [3.8, 4) is 6.07 Å². The van der Waals surface area contributed by atoms with Gasteiger partial charge in [-0.1, -0.05) is 32.5 Å². The number of hydrogen-bond acceptors (Lipinski definition) is 5. The molecule has 0 bridgehead atoms. The Kier molecular flexibility index (Phi) is 6.23. The molecule has 0 spiro atoms. The second kappa shape index (κ2) is 7.49. The molecule has 2 atom stereocenters. The zero-order valence-corrected chi connectivity index (χ0v) is 14.5. The van der Waals surface area contributed by atoms with Gasteiger partial charge in [0.15, 0.2) is 5.16 Å². The molecule has 2 unspecified atom stereocenters. The maximum atomic E-state index is 12.3. The predicted octanol–water partition coefficient (Wildman–Crippen LogP) is 1.52. The van der Waals surface area contributed by atoms with E-state index in [-0.39, 0.29) is 17.5 Å². The van der Waals surface area contributed by atoms with Crippen molar-refractivity contribution in [2.24, 2.45) is 5.92 Å². The molecule has 122 valence electrons. The average Bonchev–Trinajstić information content (AvgIpc) is 2.80. The summed E-state index contributed by atoms with van der Waals surface area (Å²) in [5, 5.41) is 18.4. The van der Waals surface area contributed by atoms with Crippen LogP contribution in [0.3, 0.4) is 0 Å². The van der Waals surface area contributed by atoms with E-state index in [9.17, 15) is 14.9 Å². The Hall–Kier alpha value is -1.75. The van der Waals surface area contributed by atoms with Crippen molar-refractivity contribution in [3.63, 3.8) is 0 Å². The number of thioether (sulfide) groups is 1. The molecule has 1 aromatic rings. The normalized spacial score (nSPS) is 15.1. The van der Waals surface area contributed by atoms with Gasteiger partial charge in [-0.2, -0.15) is 5.26 Å². The van der Waals surface area contributed by atoms with Crippen molar-refractivity contribution in [2.75, 3.05) is 0 Å². The van der Waals surface area contributed by atoms with Crippen LogP contribution in [0.1, 0.15) is 41.0 Å². The fourth-order valence-electron chi connectivity index (χ4n) is 1.68. The molecule has 0 fully saturated rings. The molecule has 0 aliphatic heterocycles. The summed E-state index contributed by atoms with van der Waals surface area (Å²) in [6.45, 7) is 9.71. The summed E-state index contributed by atoms with van der Waals surface area (Å²) in [4.78, 5) is 23.9. The van der Waals surface area contributed by atoms with Crippen molar-refractivity contribution >= 4 is 17.7 Å². The second-order valence-corrected chi connectivity index (χ2v) is 6.99. The minimum Gasteiger partial charge on any atom is -0.337 e. The van der Waals surface area contributed by atoms with Gasteiger partial charge in [-0.25, -0.2) is 9.89 Å². The van der Waals surface area contributed by atoms with Crippen LogP contribution in [0.2, 0.25) is 0 Å². The van der Waals surface area contributed by atoms with E-state index in [0.29, 0.717) is 11.7 Å². The molecule has 8 heteroatoms. The number of carbonyl (C=O) groups is 1. The van der Waals surface area contributed by atoms with Crippen molar-refractivity contribution in [1.29, 1.82) is 5.26 Å². The summed E-state index contributed by atoms with van der Waals surface area (Å²) < 4.78 is 1.51. The third-order valence-electron chi connectivity index (χ3n) is 3.59. The Bertz CT molecular complexity index is 615. The highest BCUT2D eigenvalue weighted by molar-refractivity contribution is 8.00. The van der Waals surface area contributed by atoms with Crippen molar-refractivity contribution in [1.82, 2.24) is 20.1 Å². The molecule has 1 aromatic heterocycles. The maximum Gasteiger partial charge on any atom is 0.343 e. The van der Waals surface area contributed by atoms with Gasteiger partial charge < -0.3 is 5.32 Å². The highest BCUT2D eigenvalue weighted by Gasteiger charge is 2.32. The summed E-state index contributed by atoms with van der Waals surface area (Å²) >= 11 is 1.20. The predicted molar refractivity (Wildman–Crippen MR) is 85.5 cm³/mol. The Morgan fingerprint density at radius 1 is 1.55 bits per heavy atom. The molecule has 0 saturated heterocycles. The first-order valence-electron chi connectivity index (χ1n) is 7.30. The van der Waals surface area contributed by atoms with E-state index in [0.717, 1.165) is 6.42 Å². The van der Waals surface area contributed by atoms with Crippen LogP contribution in [0.25, 0.3) is 0 Å². The Labute approximate surface area is 134 Å². The average molecular weight is 325 g/mol. The number of nitrogens with zero attached hydrogens (tertiary/aromatic N) is 3. The van der Waals surface area contributed by atoms with Crippen LogP contribution in [-0.4, -0.2) is 31.5 Å². The van der Waals surface area contributed by atoms with Crippen LogP contribution in [0.15, 0.2) is 9.95 Å². The summed E-state index contributed by atoms with van der Waals surface area (Å²) in [6, 6.07) is 2.15. The monoisotopic (exact) mass is 325 g/mol. The number of nitrogens with one attached hydrogen (secondary N) is 2. The molecule has 2 N–H and O–H groups in total. The summed E-state index contributed by atoms with van der Waals surface area (Å²) in [7, 11) is 0. The molecule has 1 amide bonds. The first-order chi connectivity index (χ1) is 10.2. The lowest BCUT2D eigenvalue weighted by Gasteiger charge is -2.28. The zero-order valence-electron chi connectivity index (χ0n) is 13.6. The zero-order chi connectivity index (χ0) is 16.9. The number of nitriles is 1. The van der Waals surface area contributed by atoms with Gasteiger partial charge in [-0.15, -0.1) is 5.10 Å². The SMILES string of the molecule is CCCn1c(SC(C)C(=O)NC(C)(C#N)C(C)C)n[nH]c1=O. The first-order valence-corrected chi connectivity index (χ1v) is 8.18. The lowest BCUT2D eigenvalue weighted by Crippen LogP contribution is -2.51. The molecule has 0 radical (unpaired) electrons. The van der Waals surface area contributed by atoms with E-state index in [1.54, 1.807) is 13.8 Å². The van der Waals surface area contributed by atoms with Crippen LogP contribution in [0, 0.1) is 17.2 Å². The van der Waals surface area contributed by atoms with E-state index in [4.69, 9.17) is 0 Å². The van der Waals surface area contributed by atoms with Crippen molar-refractivity contribution in [2.45, 2.75) is 63.5 Å². The number of H-pyrrole nitrogens is 1. The maximum absolute atomic E-state index is 12.3. The van der Waals surface area contributed by atoms with Crippen molar-refractivity contribution in [3.05, 3.63) is 10.5 Å². The summed E-state index contributed by atoms with van der Waals surface area (Å²) in [5.74, 6) is -0.261. The number of aromatic nitrogens is 3. The van der Waals surface area contributed by atoms with Crippen LogP contribution < -0.4 is 11.0 Å². The lowest BCUT2D eigenvalue weighted by molar-refractivity contribution is -0.121. The van der Waals surface area contributed by atoms with E-state index in [2.05, 4.69) is 21.6 Å². The smallest absolute Gasteiger partial charge is 0.337 e. The van der Waals surface area contributed by atoms with E-state index in [1.165, 1.54) is 16.3 Å². The minimum atomic E-state index is -0.916. The fraction of sp³-hybridized carbons (Fsp3) is 0.714. The Morgan fingerprint density at radius 2 is 2.18 bits per heavy atom. The van der Waals surface area contributed by atoms with E-state index in [1.807, 2.05) is 20.8 Å². The molecule has 0 aliphatic carbocycles. The second-order valence-electron chi connectivity index (χ2n) is 5.68. The van der Waals surface area contributed by atoms with Gasteiger partial charge in [-0.3, -0.25) is 9.36 Å². The number of aromatic amines is 1. The van der Waals surface area contributed by atoms with Gasteiger partial charge in [-0.05, 0) is 26.2 Å². The number of carbonyl (C=O) groups excluding carboxylic acids is 1. The Morgan fingerprint density at radius 3 is 2.68 bits per heavy atom.